The molecule has 8 nitrogen and oxygen atoms in total. The molecule has 0 atom stereocenters. The van der Waals surface area contributed by atoms with Crippen LogP contribution >= 0.6 is 0 Å². The number of benzene rings is 4. The highest BCUT2D eigenvalue weighted by Crippen LogP contribution is 2.35. The van der Waals surface area contributed by atoms with Gasteiger partial charge in [-0.15, -0.1) is 5.10 Å². The van der Waals surface area contributed by atoms with Gasteiger partial charge in [-0.1, -0.05) is 29.5 Å². The predicted molar refractivity (Wildman–Crippen MR) is 163 cm³/mol. The van der Waals surface area contributed by atoms with Gasteiger partial charge in [-0.2, -0.15) is 0 Å². The second-order valence-electron chi connectivity index (χ2n) is 9.91. The largest absolute Gasteiger partial charge is 0.497 e. The molecule has 0 radical (unpaired) electrons. The third kappa shape index (κ3) is 5.88. The quantitative estimate of drug-likeness (QED) is 0.196. The van der Waals surface area contributed by atoms with Crippen LogP contribution in [0.5, 0.6) is 17.2 Å². The van der Waals surface area contributed by atoms with Crippen molar-refractivity contribution in [2.75, 3.05) is 14.2 Å². The van der Waals surface area contributed by atoms with Gasteiger partial charge in [0.25, 0.3) is 0 Å². The first-order valence-electron chi connectivity index (χ1n) is 13.7. The number of aryl methyl sites for hydroxylation is 1. The lowest BCUT2D eigenvalue weighted by atomic mass is 10.0. The lowest BCUT2D eigenvalue weighted by molar-refractivity contribution is 0.301. The number of aromatic amines is 1. The molecule has 0 aliphatic heterocycles. The van der Waals surface area contributed by atoms with Gasteiger partial charge in [0.2, 0.25) is 0 Å². The topological polar surface area (TPSA) is 87.1 Å². The number of rotatable bonds is 10. The highest BCUT2D eigenvalue weighted by atomic mass is 16.5. The van der Waals surface area contributed by atoms with E-state index >= 15 is 0 Å². The van der Waals surface area contributed by atoms with Gasteiger partial charge in [-0.25, -0.2) is 9.67 Å². The molecule has 2 heterocycles. The maximum Gasteiger partial charge on any atom is 0.138 e. The molecule has 0 aliphatic carbocycles. The Balaban J connectivity index is 1.19. The molecule has 1 N–H and O–H groups in total. The molecule has 42 heavy (non-hydrogen) atoms. The van der Waals surface area contributed by atoms with Crippen molar-refractivity contribution in [1.82, 2.24) is 25.0 Å². The van der Waals surface area contributed by atoms with Crippen LogP contribution in [0.1, 0.15) is 16.8 Å². The summed E-state index contributed by atoms with van der Waals surface area (Å²) in [6, 6.07) is 32.0. The number of nitrogens with zero attached hydrogens (tertiary/aromatic N) is 4. The molecule has 0 aliphatic rings. The first kappa shape index (κ1) is 26.8. The standard InChI is InChI=1S/C34H31N5O3/c1-23-6-4-5-7-27(23)20-39-21-28(37-38-39)22-42-31-18-12-26(13-19-31)34-35-32(24-8-14-29(40-2)15-9-24)33(36-34)25-10-16-30(41-3)17-11-25/h4-19,21H,20,22H2,1-3H3,(H,35,36). The van der Waals surface area contributed by atoms with Crippen molar-refractivity contribution < 1.29 is 14.2 Å². The van der Waals surface area contributed by atoms with E-state index in [0.29, 0.717) is 13.2 Å². The molecule has 0 amide bonds. The predicted octanol–water partition coefficient (Wildman–Crippen LogP) is 6.96. The van der Waals surface area contributed by atoms with Crippen LogP contribution in [0.3, 0.4) is 0 Å². The molecule has 4 aromatic carbocycles. The van der Waals surface area contributed by atoms with Crippen LogP contribution in [0.15, 0.2) is 103 Å². The summed E-state index contributed by atoms with van der Waals surface area (Å²) < 4.78 is 18.5. The Hall–Kier alpha value is -5.37. The summed E-state index contributed by atoms with van der Waals surface area (Å²) in [5, 5.41) is 8.53. The molecule has 210 valence electrons. The van der Waals surface area contributed by atoms with Crippen LogP contribution < -0.4 is 14.2 Å². The molecule has 8 heteroatoms. The third-order valence-corrected chi connectivity index (χ3v) is 7.14. The number of imidazole rings is 1. The van der Waals surface area contributed by atoms with E-state index in [9.17, 15) is 0 Å². The van der Waals surface area contributed by atoms with Gasteiger partial charge in [-0.3, -0.25) is 0 Å². The van der Waals surface area contributed by atoms with Crippen molar-refractivity contribution in [1.29, 1.82) is 0 Å². The van der Waals surface area contributed by atoms with Crippen LogP contribution in [-0.4, -0.2) is 39.2 Å². The first-order chi connectivity index (χ1) is 20.6. The minimum Gasteiger partial charge on any atom is -0.497 e. The number of hydrogen-bond donors (Lipinski definition) is 1. The van der Waals surface area contributed by atoms with Gasteiger partial charge >= 0.3 is 0 Å². The van der Waals surface area contributed by atoms with E-state index in [2.05, 4.69) is 34.4 Å². The summed E-state index contributed by atoms with van der Waals surface area (Å²) in [5.74, 6) is 3.10. The molecule has 0 saturated carbocycles. The van der Waals surface area contributed by atoms with Gasteiger partial charge < -0.3 is 19.2 Å². The number of hydrogen-bond acceptors (Lipinski definition) is 6. The molecule has 0 spiro atoms. The number of aromatic nitrogens is 5. The van der Waals surface area contributed by atoms with Gasteiger partial charge in [0.15, 0.2) is 0 Å². The number of methoxy groups -OCH3 is 2. The summed E-state index contributed by atoms with van der Waals surface area (Å²) in [6.45, 7) is 3.11. The number of ether oxygens (including phenoxy) is 3. The monoisotopic (exact) mass is 557 g/mol. The second kappa shape index (κ2) is 12.0. The average Bonchev–Trinajstić information content (AvgIpc) is 3.69. The zero-order valence-electron chi connectivity index (χ0n) is 23.7. The lowest BCUT2D eigenvalue weighted by Crippen LogP contribution is -2.02. The number of H-pyrrole nitrogens is 1. The molecule has 6 aromatic rings. The normalized spacial score (nSPS) is 10.9. The Morgan fingerprint density at radius 2 is 1.33 bits per heavy atom. The van der Waals surface area contributed by atoms with Crippen LogP contribution in [0.25, 0.3) is 33.9 Å². The molecular formula is C34H31N5O3. The maximum atomic E-state index is 6.01. The van der Waals surface area contributed by atoms with Crippen molar-refractivity contribution in [3.8, 4) is 51.2 Å². The summed E-state index contributed by atoms with van der Waals surface area (Å²) in [6.07, 6.45) is 1.92. The van der Waals surface area contributed by atoms with E-state index in [0.717, 1.165) is 56.8 Å². The minimum absolute atomic E-state index is 0.330. The van der Waals surface area contributed by atoms with Gasteiger partial charge in [-0.05, 0) is 90.8 Å². The van der Waals surface area contributed by atoms with Crippen LogP contribution in [0, 0.1) is 6.92 Å². The fourth-order valence-corrected chi connectivity index (χ4v) is 4.74. The summed E-state index contributed by atoms with van der Waals surface area (Å²) in [5.41, 5.74) is 7.94. The summed E-state index contributed by atoms with van der Waals surface area (Å²) in [4.78, 5) is 8.54. The highest BCUT2D eigenvalue weighted by Gasteiger charge is 2.16. The van der Waals surface area contributed by atoms with Crippen molar-refractivity contribution >= 4 is 0 Å². The maximum absolute atomic E-state index is 6.01. The average molecular weight is 558 g/mol. The molecule has 6 rings (SSSR count). The van der Waals surface area contributed by atoms with Gasteiger partial charge in [0.05, 0.1) is 38.3 Å². The second-order valence-corrected chi connectivity index (χ2v) is 9.91. The van der Waals surface area contributed by atoms with Crippen LogP contribution in [0.2, 0.25) is 0 Å². The molecule has 0 unspecified atom stereocenters. The van der Waals surface area contributed by atoms with E-state index in [4.69, 9.17) is 19.2 Å². The van der Waals surface area contributed by atoms with Crippen LogP contribution in [0.4, 0.5) is 0 Å². The molecular weight excluding hydrogens is 526 g/mol. The fourth-order valence-electron chi connectivity index (χ4n) is 4.74. The summed E-state index contributed by atoms with van der Waals surface area (Å²) >= 11 is 0. The van der Waals surface area contributed by atoms with E-state index in [-0.39, 0.29) is 0 Å². The van der Waals surface area contributed by atoms with Crippen LogP contribution in [-0.2, 0) is 13.2 Å². The smallest absolute Gasteiger partial charge is 0.138 e. The van der Waals surface area contributed by atoms with E-state index < -0.39 is 0 Å². The van der Waals surface area contributed by atoms with Gasteiger partial charge in [0.1, 0.15) is 35.4 Å². The Bertz CT molecular complexity index is 1710. The first-order valence-corrected chi connectivity index (χ1v) is 13.7. The Morgan fingerprint density at radius 3 is 2.00 bits per heavy atom. The Kier molecular flexibility index (Phi) is 7.68. The number of nitrogens with one attached hydrogen (secondary N) is 1. The third-order valence-electron chi connectivity index (χ3n) is 7.14. The minimum atomic E-state index is 0.330. The van der Waals surface area contributed by atoms with Crippen molar-refractivity contribution in [2.24, 2.45) is 0 Å². The Morgan fingerprint density at radius 1 is 0.714 bits per heavy atom. The van der Waals surface area contributed by atoms with Crippen molar-refractivity contribution in [3.63, 3.8) is 0 Å². The zero-order chi connectivity index (χ0) is 28.9. The van der Waals surface area contributed by atoms with Crippen molar-refractivity contribution in [3.05, 3.63) is 120 Å². The van der Waals surface area contributed by atoms with E-state index in [1.165, 1.54) is 11.1 Å². The van der Waals surface area contributed by atoms with Gasteiger partial charge in [0, 0.05) is 16.7 Å². The van der Waals surface area contributed by atoms with E-state index in [1.54, 1.807) is 14.2 Å². The van der Waals surface area contributed by atoms with Crippen molar-refractivity contribution in [2.45, 2.75) is 20.1 Å². The SMILES string of the molecule is COc1ccc(-c2nc(-c3ccc(OCc4cn(Cc5ccccc5C)nn4)cc3)[nH]c2-c2ccc(OC)cc2)cc1. The fraction of sp³-hybridized carbons (Fsp3) is 0.147. The molecule has 0 bridgehead atoms. The van der Waals surface area contributed by atoms with E-state index in [1.807, 2.05) is 95.8 Å². The highest BCUT2D eigenvalue weighted by molar-refractivity contribution is 5.81. The molecule has 0 fully saturated rings. The molecule has 2 aromatic heterocycles. The zero-order valence-corrected chi connectivity index (χ0v) is 23.7. The Labute approximate surface area is 244 Å². The lowest BCUT2D eigenvalue weighted by Gasteiger charge is -2.06. The molecule has 0 saturated heterocycles. The summed E-state index contributed by atoms with van der Waals surface area (Å²) in [7, 11) is 3.32.